The lowest BCUT2D eigenvalue weighted by Gasteiger charge is -2.11. The number of anilines is 2. The predicted molar refractivity (Wildman–Crippen MR) is 80.3 cm³/mol. The third-order valence-electron chi connectivity index (χ3n) is 2.90. The Kier molecular flexibility index (Phi) is 4.98. The van der Waals surface area contributed by atoms with E-state index in [0.29, 0.717) is 23.6 Å². The number of ether oxygens (including phenoxy) is 1. The van der Waals surface area contributed by atoms with Crippen molar-refractivity contribution in [2.45, 2.75) is 19.9 Å². The van der Waals surface area contributed by atoms with Crippen LogP contribution < -0.4 is 15.8 Å². The summed E-state index contributed by atoms with van der Waals surface area (Å²) in [6, 6.07) is 8.78. The monoisotopic (exact) mass is 292 g/mol. The number of rotatable bonds is 6. The van der Waals surface area contributed by atoms with E-state index in [9.17, 15) is 8.78 Å². The fourth-order valence-corrected chi connectivity index (χ4v) is 1.89. The van der Waals surface area contributed by atoms with Gasteiger partial charge in [0.15, 0.2) is 0 Å². The van der Waals surface area contributed by atoms with Crippen LogP contribution in [0.3, 0.4) is 0 Å². The van der Waals surface area contributed by atoms with Gasteiger partial charge < -0.3 is 15.8 Å². The van der Waals surface area contributed by atoms with Gasteiger partial charge in [0.05, 0.1) is 6.61 Å². The summed E-state index contributed by atoms with van der Waals surface area (Å²) in [5.74, 6) is -0.497. The zero-order valence-electron chi connectivity index (χ0n) is 11.8. The first-order chi connectivity index (χ1) is 10.1. The minimum Gasteiger partial charge on any atom is -0.493 e. The topological polar surface area (TPSA) is 47.3 Å². The molecule has 0 bridgehead atoms. The highest BCUT2D eigenvalue weighted by Gasteiger charge is 2.05. The van der Waals surface area contributed by atoms with Crippen LogP contribution in [0.2, 0.25) is 0 Å². The number of nitrogen functional groups attached to an aromatic ring is 1. The summed E-state index contributed by atoms with van der Waals surface area (Å²) in [5, 5.41) is 3.06. The lowest BCUT2D eigenvalue weighted by molar-refractivity contribution is 0.318. The molecule has 0 unspecified atom stereocenters. The predicted octanol–water partition coefficient (Wildman–Crippen LogP) is 3.95. The van der Waals surface area contributed by atoms with Gasteiger partial charge in [0.1, 0.15) is 17.4 Å². The molecule has 0 saturated carbocycles. The van der Waals surface area contributed by atoms with Crippen LogP contribution >= 0.6 is 0 Å². The number of halogens is 2. The molecule has 21 heavy (non-hydrogen) atoms. The third kappa shape index (κ3) is 4.34. The van der Waals surface area contributed by atoms with Crippen LogP contribution in [0.5, 0.6) is 5.75 Å². The van der Waals surface area contributed by atoms with E-state index in [1.165, 1.54) is 12.1 Å². The number of hydrogen-bond acceptors (Lipinski definition) is 3. The van der Waals surface area contributed by atoms with Gasteiger partial charge in [-0.1, -0.05) is 13.0 Å². The highest BCUT2D eigenvalue weighted by molar-refractivity contribution is 5.59. The van der Waals surface area contributed by atoms with Crippen LogP contribution in [0.1, 0.15) is 18.9 Å². The van der Waals surface area contributed by atoms with Gasteiger partial charge in [0.25, 0.3) is 0 Å². The second-order valence-corrected chi connectivity index (χ2v) is 4.73. The molecule has 0 aliphatic carbocycles. The Morgan fingerprint density at radius 2 is 1.95 bits per heavy atom. The van der Waals surface area contributed by atoms with Crippen molar-refractivity contribution in [2.75, 3.05) is 17.7 Å². The fraction of sp³-hybridized carbons (Fsp3) is 0.250. The first-order valence-corrected chi connectivity index (χ1v) is 6.79. The molecule has 0 radical (unpaired) electrons. The Balaban J connectivity index is 2.07. The van der Waals surface area contributed by atoms with Crippen molar-refractivity contribution in [1.29, 1.82) is 0 Å². The normalized spacial score (nSPS) is 10.4. The van der Waals surface area contributed by atoms with Gasteiger partial charge in [0, 0.05) is 41.7 Å². The number of benzene rings is 2. The molecule has 0 spiro atoms. The highest BCUT2D eigenvalue weighted by atomic mass is 19.1. The Labute approximate surface area is 122 Å². The quantitative estimate of drug-likeness (QED) is 0.793. The van der Waals surface area contributed by atoms with Crippen LogP contribution in [0.4, 0.5) is 20.2 Å². The first kappa shape index (κ1) is 15.1. The van der Waals surface area contributed by atoms with E-state index < -0.39 is 11.6 Å². The van der Waals surface area contributed by atoms with Crippen molar-refractivity contribution in [3.05, 3.63) is 53.6 Å². The molecule has 2 aromatic rings. The third-order valence-corrected chi connectivity index (χ3v) is 2.90. The number of nitrogens with two attached hydrogens (primary N) is 1. The van der Waals surface area contributed by atoms with E-state index in [2.05, 4.69) is 5.32 Å². The summed E-state index contributed by atoms with van der Waals surface area (Å²) < 4.78 is 31.9. The van der Waals surface area contributed by atoms with E-state index in [0.717, 1.165) is 18.2 Å². The average molecular weight is 292 g/mol. The van der Waals surface area contributed by atoms with Crippen molar-refractivity contribution in [2.24, 2.45) is 0 Å². The minimum atomic E-state index is -0.588. The summed E-state index contributed by atoms with van der Waals surface area (Å²) in [4.78, 5) is 0. The average Bonchev–Trinajstić information content (AvgIpc) is 2.43. The van der Waals surface area contributed by atoms with Gasteiger partial charge in [0.2, 0.25) is 0 Å². The van der Waals surface area contributed by atoms with Gasteiger partial charge >= 0.3 is 0 Å². The Bertz CT molecular complexity index is 617. The van der Waals surface area contributed by atoms with Crippen molar-refractivity contribution in [3.63, 3.8) is 0 Å². The zero-order chi connectivity index (χ0) is 15.2. The van der Waals surface area contributed by atoms with Crippen LogP contribution in [-0.4, -0.2) is 6.61 Å². The molecular weight excluding hydrogens is 274 g/mol. The van der Waals surface area contributed by atoms with Gasteiger partial charge in [-0.3, -0.25) is 0 Å². The number of nitrogens with one attached hydrogen (secondary N) is 1. The lowest BCUT2D eigenvalue weighted by Crippen LogP contribution is -2.04. The summed E-state index contributed by atoms with van der Waals surface area (Å²) in [6.07, 6.45) is 0.901. The van der Waals surface area contributed by atoms with E-state index in [1.54, 1.807) is 18.2 Å². The van der Waals surface area contributed by atoms with Crippen LogP contribution in [-0.2, 0) is 6.54 Å². The maximum absolute atomic E-state index is 13.5. The highest BCUT2D eigenvalue weighted by Crippen LogP contribution is 2.23. The molecule has 0 aromatic heterocycles. The van der Waals surface area contributed by atoms with E-state index in [1.807, 2.05) is 6.92 Å². The summed E-state index contributed by atoms with van der Waals surface area (Å²) in [5.41, 5.74) is 7.48. The molecule has 0 saturated heterocycles. The van der Waals surface area contributed by atoms with Crippen LogP contribution in [0, 0.1) is 11.6 Å². The SMILES string of the molecule is CCCOc1cc(N)cc(NCc2ccc(F)cc2F)c1. The van der Waals surface area contributed by atoms with Crippen LogP contribution in [0.25, 0.3) is 0 Å². The maximum atomic E-state index is 13.5. The summed E-state index contributed by atoms with van der Waals surface area (Å²) >= 11 is 0. The van der Waals surface area contributed by atoms with Gasteiger partial charge in [-0.2, -0.15) is 0 Å². The van der Waals surface area contributed by atoms with Gasteiger partial charge in [-0.05, 0) is 18.6 Å². The van der Waals surface area contributed by atoms with Crippen molar-refractivity contribution in [3.8, 4) is 5.75 Å². The molecule has 0 amide bonds. The Hall–Kier alpha value is -2.30. The molecule has 0 heterocycles. The van der Waals surface area contributed by atoms with E-state index >= 15 is 0 Å². The second kappa shape index (κ2) is 6.92. The van der Waals surface area contributed by atoms with Crippen molar-refractivity contribution >= 4 is 11.4 Å². The molecule has 0 aliphatic heterocycles. The molecular formula is C16H18F2N2O. The van der Waals surface area contributed by atoms with E-state index in [4.69, 9.17) is 10.5 Å². The largest absolute Gasteiger partial charge is 0.493 e. The second-order valence-electron chi connectivity index (χ2n) is 4.73. The summed E-state index contributed by atoms with van der Waals surface area (Å²) in [7, 11) is 0. The minimum absolute atomic E-state index is 0.239. The molecule has 2 aromatic carbocycles. The molecule has 112 valence electrons. The fourth-order valence-electron chi connectivity index (χ4n) is 1.89. The molecule has 0 fully saturated rings. The maximum Gasteiger partial charge on any atom is 0.131 e. The Morgan fingerprint density at radius 1 is 1.14 bits per heavy atom. The van der Waals surface area contributed by atoms with Gasteiger partial charge in [-0.25, -0.2) is 8.78 Å². The molecule has 0 aliphatic rings. The molecule has 3 nitrogen and oxygen atoms in total. The number of hydrogen-bond donors (Lipinski definition) is 2. The molecule has 3 N–H and O–H groups in total. The van der Waals surface area contributed by atoms with Crippen LogP contribution in [0.15, 0.2) is 36.4 Å². The smallest absolute Gasteiger partial charge is 0.131 e. The first-order valence-electron chi connectivity index (χ1n) is 6.79. The molecule has 2 rings (SSSR count). The summed E-state index contributed by atoms with van der Waals surface area (Å²) in [6.45, 7) is 2.86. The van der Waals surface area contributed by atoms with Gasteiger partial charge in [-0.15, -0.1) is 0 Å². The Morgan fingerprint density at radius 3 is 2.67 bits per heavy atom. The standard InChI is InChI=1S/C16H18F2N2O/c1-2-5-21-15-8-13(19)7-14(9-15)20-10-11-3-4-12(17)6-16(11)18/h3-4,6-9,20H,2,5,10,19H2,1H3. The van der Waals surface area contributed by atoms with Crippen molar-refractivity contribution < 1.29 is 13.5 Å². The zero-order valence-corrected chi connectivity index (χ0v) is 11.8. The molecule has 0 atom stereocenters. The van der Waals surface area contributed by atoms with Crippen molar-refractivity contribution in [1.82, 2.24) is 0 Å². The lowest BCUT2D eigenvalue weighted by atomic mass is 10.2. The van der Waals surface area contributed by atoms with E-state index in [-0.39, 0.29) is 6.54 Å². The molecule has 5 heteroatoms.